The van der Waals surface area contributed by atoms with Crippen LogP contribution in [-0.4, -0.2) is 60.4 Å². The molecule has 6 heteroatoms. The SMILES string of the molecule is Cc1ccc2nc(N(C)C3CCN(CC(O)COc4ccccc4)CC3)sc2c1. The number of likely N-dealkylation sites (tertiary alicyclic amines) is 1. The number of hydrogen-bond donors (Lipinski definition) is 1. The van der Waals surface area contributed by atoms with Crippen molar-refractivity contribution in [2.24, 2.45) is 0 Å². The third-order valence-electron chi connectivity index (χ3n) is 5.59. The molecule has 4 rings (SSSR count). The highest BCUT2D eigenvalue weighted by molar-refractivity contribution is 7.22. The summed E-state index contributed by atoms with van der Waals surface area (Å²) >= 11 is 1.77. The van der Waals surface area contributed by atoms with Gasteiger partial charge in [0.2, 0.25) is 0 Å². The topological polar surface area (TPSA) is 48.8 Å². The van der Waals surface area contributed by atoms with Crippen LogP contribution in [0.15, 0.2) is 48.5 Å². The van der Waals surface area contributed by atoms with Crippen LogP contribution >= 0.6 is 11.3 Å². The predicted molar refractivity (Wildman–Crippen MR) is 120 cm³/mol. The van der Waals surface area contributed by atoms with E-state index in [1.165, 1.54) is 10.3 Å². The maximum atomic E-state index is 10.3. The van der Waals surface area contributed by atoms with Crippen LogP contribution in [0.3, 0.4) is 0 Å². The van der Waals surface area contributed by atoms with Crippen molar-refractivity contribution in [3.8, 4) is 5.75 Å². The van der Waals surface area contributed by atoms with Gasteiger partial charge in [0.1, 0.15) is 18.5 Å². The maximum Gasteiger partial charge on any atom is 0.186 e. The summed E-state index contributed by atoms with van der Waals surface area (Å²) < 4.78 is 6.93. The van der Waals surface area contributed by atoms with Crippen LogP contribution < -0.4 is 9.64 Å². The first kappa shape index (κ1) is 20.1. The van der Waals surface area contributed by atoms with Crippen molar-refractivity contribution < 1.29 is 9.84 Å². The number of anilines is 1. The number of nitrogens with zero attached hydrogens (tertiary/aromatic N) is 3. The van der Waals surface area contributed by atoms with Crippen molar-refractivity contribution >= 4 is 26.7 Å². The number of hydrogen-bond acceptors (Lipinski definition) is 6. The van der Waals surface area contributed by atoms with E-state index in [0.29, 0.717) is 19.2 Å². The molecule has 0 radical (unpaired) electrons. The lowest BCUT2D eigenvalue weighted by Crippen LogP contribution is -2.46. The fraction of sp³-hybridized carbons (Fsp3) is 0.435. The van der Waals surface area contributed by atoms with Crippen molar-refractivity contribution in [3.05, 3.63) is 54.1 Å². The van der Waals surface area contributed by atoms with Gasteiger partial charge in [0.15, 0.2) is 5.13 Å². The van der Waals surface area contributed by atoms with Crippen LogP contribution in [0.5, 0.6) is 5.75 Å². The highest BCUT2D eigenvalue weighted by Crippen LogP contribution is 2.31. The Morgan fingerprint density at radius 3 is 2.72 bits per heavy atom. The molecule has 1 aliphatic heterocycles. The zero-order chi connectivity index (χ0) is 20.2. The van der Waals surface area contributed by atoms with E-state index in [9.17, 15) is 5.11 Å². The van der Waals surface area contributed by atoms with Gasteiger partial charge >= 0.3 is 0 Å². The zero-order valence-electron chi connectivity index (χ0n) is 17.1. The molecule has 2 heterocycles. The molecule has 1 saturated heterocycles. The Labute approximate surface area is 176 Å². The normalized spacial score (nSPS) is 16.8. The molecule has 1 N–H and O–H groups in total. The van der Waals surface area contributed by atoms with Crippen LogP contribution in [0, 0.1) is 6.92 Å². The molecule has 5 nitrogen and oxygen atoms in total. The number of thiazole rings is 1. The summed E-state index contributed by atoms with van der Waals surface area (Å²) in [5, 5.41) is 11.4. The number of para-hydroxylation sites is 1. The third-order valence-corrected chi connectivity index (χ3v) is 6.70. The van der Waals surface area contributed by atoms with E-state index in [-0.39, 0.29) is 0 Å². The van der Waals surface area contributed by atoms with E-state index in [1.807, 2.05) is 30.3 Å². The van der Waals surface area contributed by atoms with Gasteiger partial charge in [-0.3, -0.25) is 0 Å². The molecule has 1 aromatic heterocycles. The predicted octanol–water partition coefficient (Wildman–Crippen LogP) is 3.95. The molecular weight excluding hydrogens is 382 g/mol. The van der Waals surface area contributed by atoms with Gasteiger partial charge in [-0.2, -0.15) is 0 Å². The first-order chi connectivity index (χ1) is 14.1. The van der Waals surface area contributed by atoms with E-state index >= 15 is 0 Å². The lowest BCUT2D eigenvalue weighted by Gasteiger charge is -2.37. The van der Waals surface area contributed by atoms with Crippen LogP contribution in [0.4, 0.5) is 5.13 Å². The standard InChI is InChI=1S/C23H29N3O2S/c1-17-8-9-21-22(14-17)29-23(24-21)25(2)18-10-12-26(13-11-18)15-19(27)16-28-20-6-4-3-5-7-20/h3-9,14,18-19,27H,10-13,15-16H2,1-2H3. The van der Waals surface area contributed by atoms with Gasteiger partial charge in [0.25, 0.3) is 0 Å². The summed E-state index contributed by atoms with van der Waals surface area (Å²) in [6.45, 7) is 5.08. The van der Waals surface area contributed by atoms with Crippen molar-refractivity contribution in [1.82, 2.24) is 9.88 Å². The van der Waals surface area contributed by atoms with Crippen molar-refractivity contribution in [3.63, 3.8) is 0 Å². The smallest absolute Gasteiger partial charge is 0.186 e. The van der Waals surface area contributed by atoms with Crippen molar-refractivity contribution in [2.75, 3.05) is 38.2 Å². The third kappa shape index (κ3) is 5.07. The Hall–Kier alpha value is -2.15. The van der Waals surface area contributed by atoms with Gasteiger partial charge in [-0.25, -0.2) is 4.98 Å². The second-order valence-electron chi connectivity index (χ2n) is 7.89. The molecular formula is C23H29N3O2S. The molecule has 1 fully saturated rings. The number of benzene rings is 2. The monoisotopic (exact) mass is 411 g/mol. The summed E-state index contributed by atoms with van der Waals surface area (Å²) in [4.78, 5) is 9.50. The number of aromatic nitrogens is 1. The molecule has 2 aromatic carbocycles. The Bertz CT molecular complexity index is 922. The quantitative estimate of drug-likeness (QED) is 0.638. The molecule has 1 aliphatic rings. The highest BCUT2D eigenvalue weighted by atomic mass is 32.1. The van der Waals surface area contributed by atoms with Crippen LogP contribution in [0.2, 0.25) is 0 Å². The minimum Gasteiger partial charge on any atom is -0.491 e. The summed E-state index contributed by atoms with van der Waals surface area (Å²) in [7, 11) is 2.16. The molecule has 0 amide bonds. The number of fused-ring (bicyclic) bond motifs is 1. The van der Waals surface area contributed by atoms with Crippen molar-refractivity contribution in [1.29, 1.82) is 0 Å². The fourth-order valence-corrected chi connectivity index (χ4v) is 4.97. The molecule has 3 aromatic rings. The number of aliphatic hydroxyl groups is 1. The van der Waals surface area contributed by atoms with Gasteiger partial charge in [0, 0.05) is 32.7 Å². The first-order valence-electron chi connectivity index (χ1n) is 10.3. The highest BCUT2D eigenvalue weighted by Gasteiger charge is 2.25. The van der Waals surface area contributed by atoms with E-state index in [1.54, 1.807) is 11.3 Å². The number of aryl methyl sites for hydroxylation is 1. The second-order valence-corrected chi connectivity index (χ2v) is 8.90. The average Bonchev–Trinajstić information content (AvgIpc) is 3.16. The molecule has 29 heavy (non-hydrogen) atoms. The van der Waals surface area contributed by atoms with Crippen LogP contribution in [0.1, 0.15) is 18.4 Å². The Kier molecular flexibility index (Phi) is 6.33. The maximum absolute atomic E-state index is 10.3. The van der Waals surface area contributed by atoms with E-state index < -0.39 is 6.10 Å². The number of aliphatic hydroxyl groups excluding tert-OH is 1. The fourth-order valence-electron chi connectivity index (χ4n) is 3.88. The number of ether oxygens (including phenoxy) is 1. The van der Waals surface area contributed by atoms with Crippen molar-refractivity contribution in [2.45, 2.75) is 31.9 Å². The van der Waals surface area contributed by atoms with Crippen LogP contribution in [-0.2, 0) is 0 Å². The molecule has 154 valence electrons. The van der Waals surface area contributed by atoms with Crippen LogP contribution in [0.25, 0.3) is 10.2 Å². The Morgan fingerprint density at radius 2 is 1.97 bits per heavy atom. The van der Waals surface area contributed by atoms with Gasteiger partial charge < -0.3 is 19.6 Å². The van der Waals surface area contributed by atoms with E-state index in [2.05, 4.69) is 42.0 Å². The van der Waals surface area contributed by atoms with E-state index in [0.717, 1.165) is 42.3 Å². The lowest BCUT2D eigenvalue weighted by atomic mass is 10.0. The Balaban J connectivity index is 1.26. The summed E-state index contributed by atoms with van der Waals surface area (Å²) in [6, 6.07) is 16.6. The second kappa shape index (κ2) is 9.11. The minimum absolute atomic E-state index is 0.328. The molecule has 0 spiro atoms. The molecule has 0 aliphatic carbocycles. The molecule has 0 bridgehead atoms. The summed E-state index contributed by atoms with van der Waals surface area (Å²) in [6.07, 6.45) is 1.69. The lowest BCUT2D eigenvalue weighted by molar-refractivity contribution is 0.0595. The number of β-amino-alcohol motifs (C(OH)–C–C–N with tert-alkyl or cyclic N) is 1. The molecule has 0 saturated carbocycles. The number of rotatable bonds is 7. The van der Waals surface area contributed by atoms with E-state index in [4.69, 9.17) is 9.72 Å². The number of piperidine rings is 1. The molecule has 1 unspecified atom stereocenters. The van der Waals surface area contributed by atoms with Gasteiger partial charge in [0.05, 0.1) is 10.2 Å². The van der Waals surface area contributed by atoms with Gasteiger partial charge in [-0.05, 0) is 49.6 Å². The van der Waals surface area contributed by atoms with Gasteiger partial charge in [-0.1, -0.05) is 35.6 Å². The zero-order valence-corrected chi connectivity index (χ0v) is 17.9. The molecule has 1 atom stereocenters. The largest absolute Gasteiger partial charge is 0.491 e. The first-order valence-corrected chi connectivity index (χ1v) is 11.1. The Morgan fingerprint density at radius 1 is 1.21 bits per heavy atom. The average molecular weight is 412 g/mol. The summed E-state index contributed by atoms with van der Waals surface area (Å²) in [5.74, 6) is 0.804. The van der Waals surface area contributed by atoms with Gasteiger partial charge in [-0.15, -0.1) is 0 Å². The minimum atomic E-state index is -0.475. The summed E-state index contributed by atoms with van der Waals surface area (Å²) in [5.41, 5.74) is 2.36.